The van der Waals surface area contributed by atoms with Gasteiger partial charge in [-0.3, -0.25) is 0 Å². The minimum atomic E-state index is 0. The molecule has 0 bridgehead atoms. The Morgan fingerprint density at radius 3 is 2.83 bits per heavy atom. The van der Waals surface area contributed by atoms with Crippen LogP contribution in [0.25, 0.3) is 0 Å². The summed E-state index contributed by atoms with van der Waals surface area (Å²) in [6.45, 7) is 3.03. The van der Waals surface area contributed by atoms with Crippen molar-refractivity contribution in [2.75, 3.05) is 26.7 Å². The van der Waals surface area contributed by atoms with Gasteiger partial charge in [0.15, 0.2) is 0 Å². The number of quaternary nitrogens is 2. The molecule has 1 aliphatic heterocycles. The van der Waals surface area contributed by atoms with Crippen molar-refractivity contribution in [1.82, 2.24) is 0 Å². The fraction of sp³-hybridized carbons (Fsp3) is 0.833. The van der Waals surface area contributed by atoms with E-state index in [9.17, 15) is 0 Å². The second-order valence-corrected chi connectivity index (χ2v) is 2.48. The first-order valence-electron chi connectivity index (χ1n) is 3.59. The van der Waals surface area contributed by atoms with E-state index in [1.807, 2.05) is 0 Å². The molecule has 0 aromatic rings. The lowest BCUT2D eigenvalue weighted by molar-refractivity contribution is -0.635. The second kappa shape index (κ2) is 7.61. The highest BCUT2D eigenvalue weighted by Crippen LogP contribution is 1.97. The van der Waals surface area contributed by atoms with Crippen LogP contribution in [0.3, 0.4) is 0 Å². The van der Waals surface area contributed by atoms with Gasteiger partial charge in [0.25, 0.3) is 0 Å². The molecule has 1 heterocycles. The van der Waals surface area contributed by atoms with E-state index in [2.05, 4.69) is 16.2 Å². The Balaban J connectivity index is 0. The van der Waals surface area contributed by atoms with E-state index in [4.69, 9.17) is 4.84 Å². The Morgan fingerprint density at radius 1 is 1.67 bits per heavy atom. The van der Waals surface area contributed by atoms with Gasteiger partial charge in [-0.25, -0.2) is 0 Å². The van der Waals surface area contributed by atoms with Gasteiger partial charge >= 0.3 is 0 Å². The standard InChI is InChI=1S/C6H13N3O.2ClH/c1-10-9-6-4-8-3-5(6)2-7;;/h5,8H,2-4,7H2,1H3;2*1H. The van der Waals surface area contributed by atoms with Gasteiger partial charge in [-0.05, 0) is 0 Å². The highest BCUT2D eigenvalue weighted by molar-refractivity contribution is 5.88. The number of hydrogen-bond donors (Lipinski definition) is 2. The number of halogens is 2. The molecule has 6 heteroatoms. The Labute approximate surface area is 84.7 Å². The summed E-state index contributed by atoms with van der Waals surface area (Å²) in [7, 11) is 1.59. The average molecular weight is 216 g/mol. The van der Waals surface area contributed by atoms with Crippen molar-refractivity contribution in [2.24, 2.45) is 11.1 Å². The summed E-state index contributed by atoms with van der Waals surface area (Å²) in [4.78, 5) is 4.70. The zero-order valence-corrected chi connectivity index (χ0v) is 8.61. The van der Waals surface area contributed by atoms with Crippen molar-refractivity contribution in [3.05, 3.63) is 0 Å². The van der Waals surface area contributed by atoms with Crippen molar-refractivity contribution >= 4 is 5.71 Å². The fourth-order valence-electron chi connectivity index (χ4n) is 1.25. The van der Waals surface area contributed by atoms with Crippen molar-refractivity contribution in [2.45, 2.75) is 0 Å². The van der Waals surface area contributed by atoms with Crippen molar-refractivity contribution in [1.29, 1.82) is 0 Å². The molecule has 1 unspecified atom stereocenters. The number of nitrogens with two attached hydrogens (primary N) is 1. The zero-order valence-electron chi connectivity index (χ0n) is 7.09. The molecule has 5 N–H and O–H groups in total. The van der Waals surface area contributed by atoms with Crippen LogP contribution < -0.4 is 35.9 Å². The van der Waals surface area contributed by atoms with E-state index >= 15 is 0 Å². The summed E-state index contributed by atoms with van der Waals surface area (Å²) in [5, 5.41) is 6.15. The van der Waals surface area contributed by atoms with E-state index in [0.717, 1.165) is 25.3 Å². The molecule has 1 atom stereocenters. The first-order valence-corrected chi connectivity index (χ1v) is 3.59. The van der Waals surface area contributed by atoms with Crippen LogP contribution in [0.15, 0.2) is 5.16 Å². The molecule has 0 saturated carbocycles. The van der Waals surface area contributed by atoms with Gasteiger partial charge < -0.3 is 40.7 Å². The van der Waals surface area contributed by atoms with Crippen molar-refractivity contribution in [3.8, 4) is 0 Å². The van der Waals surface area contributed by atoms with Crippen LogP contribution >= 0.6 is 0 Å². The first-order chi connectivity index (χ1) is 4.88. The average Bonchev–Trinajstić information content (AvgIpc) is 2.36. The number of nitrogens with zero attached hydrogens (tertiary/aromatic N) is 1. The van der Waals surface area contributed by atoms with Gasteiger partial charge in [-0.15, -0.1) is 0 Å². The minimum Gasteiger partial charge on any atom is -1.00 e. The van der Waals surface area contributed by atoms with E-state index in [1.54, 1.807) is 7.11 Å². The minimum absolute atomic E-state index is 0. The lowest BCUT2D eigenvalue weighted by atomic mass is 10.1. The third-order valence-corrected chi connectivity index (χ3v) is 1.83. The van der Waals surface area contributed by atoms with Crippen LogP contribution in [0, 0.1) is 5.92 Å². The topological polar surface area (TPSA) is 65.8 Å². The fourth-order valence-corrected chi connectivity index (χ4v) is 1.25. The van der Waals surface area contributed by atoms with E-state index in [1.165, 1.54) is 0 Å². The Morgan fingerprint density at radius 2 is 2.33 bits per heavy atom. The molecular weight excluding hydrogens is 201 g/mol. The van der Waals surface area contributed by atoms with Crippen LogP contribution in [0.4, 0.5) is 0 Å². The van der Waals surface area contributed by atoms with Gasteiger partial charge in [0, 0.05) is 0 Å². The summed E-state index contributed by atoms with van der Waals surface area (Å²) in [6.07, 6.45) is 0. The molecule has 0 spiro atoms. The first kappa shape index (κ1) is 14.5. The second-order valence-electron chi connectivity index (χ2n) is 2.48. The molecule has 4 nitrogen and oxygen atoms in total. The molecule has 0 radical (unpaired) electrons. The number of rotatable bonds is 2. The maximum atomic E-state index is 4.70. The van der Waals surface area contributed by atoms with E-state index < -0.39 is 0 Å². The Hall–Kier alpha value is -0.0300. The van der Waals surface area contributed by atoms with Gasteiger partial charge in [0.1, 0.15) is 25.3 Å². The van der Waals surface area contributed by atoms with Crippen LogP contribution in [-0.2, 0) is 4.84 Å². The molecule has 1 saturated heterocycles. The molecule has 1 rings (SSSR count). The summed E-state index contributed by atoms with van der Waals surface area (Å²) >= 11 is 0. The lowest BCUT2D eigenvalue weighted by Crippen LogP contribution is -3.00. The highest BCUT2D eigenvalue weighted by Gasteiger charge is 2.26. The molecule has 1 fully saturated rings. The third kappa shape index (κ3) is 3.58. The lowest BCUT2D eigenvalue weighted by Gasteiger charge is -1.98. The molecular formula is C6H15Cl2N3O. The van der Waals surface area contributed by atoms with Crippen LogP contribution in [-0.4, -0.2) is 32.5 Å². The van der Waals surface area contributed by atoms with Gasteiger partial charge in [0.2, 0.25) is 0 Å². The molecule has 0 aromatic carbocycles. The Kier molecular flexibility index (Phi) is 9.19. The van der Waals surface area contributed by atoms with Gasteiger partial charge in [0.05, 0.1) is 13.1 Å². The summed E-state index contributed by atoms with van der Waals surface area (Å²) in [5.41, 5.74) is 4.99. The predicted molar refractivity (Wildman–Crippen MR) is 37.3 cm³/mol. The zero-order chi connectivity index (χ0) is 7.40. The number of hydrogen-bond acceptors (Lipinski definition) is 2. The van der Waals surface area contributed by atoms with Crippen molar-refractivity contribution < 1.29 is 40.7 Å². The molecule has 12 heavy (non-hydrogen) atoms. The van der Waals surface area contributed by atoms with Crippen LogP contribution in [0.5, 0.6) is 0 Å². The highest BCUT2D eigenvalue weighted by atomic mass is 35.5. The van der Waals surface area contributed by atoms with Crippen molar-refractivity contribution in [3.63, 3.8) is 0 Å². The summed E-state index contributed by atoms with van der Waals surface area (Å²) < 4.78 is 0. The molecule has 0 aromatic heterocycles. The largest absolute Gasteiger partial charge is 1.00 e. The Bertz CT molecular complexity index is 143. The normalized spacial score (nSPS) is 24.5. The van der Waals surface area contributed by atoms with Crippen LogP contribution in [0.2, 0.25) is 0 Å². The monoisotopic (exact) mass is 215 g/mol. The SMILES string of the molecule is CON=C1C[NH2+]CC1C[NH3+].[Cl-].[Cl-]. The smallest absolute Gasteiger partial charge is 0.125 e. The predicted octanol–water partition coefficient (Wildman–Crippen LogP) is -8.57. The molecule has 0 amide bonds. The molecule has 1 aliphatic rings. The van der Waals surface area contributed by atoms with Gasteiger partial charge in [-0.1, -0.05) is 5.16 Å². The summed E-state index contributed by atoms with van der Waals surface area (Å²) in [5.74, 6) is 0.542. The quantitative estimate of drug-likeness (QED) is 0.442. The third-order valence-electron chi connectivity index (χ3n) is 1.83. The molecule has 0 aliphatic carbocycles. The maximum Gasteiger partial charge on any atom is 0.125 e. The summed E-state index contributed by atoms with van der Waals surface area (Å²) in [6, 6.07) is 0. The number of oxime groups is 1. The van der Waals surface area contributed by atoms with Gasteiger partial charge in [-0.2, -0.15) is 0 Å². The molecule has 74 valence electrons. The van der Waals surface area contributed by atoms with E-state index in [-0.39, 0.29) is 24.8 Å². The van der Waals surface area contributed by atoms with Crippen LogP contribution in [0.1, 0.15) is 0 Å². The van der Waals surface area contributed by atoms with E-state index in [0.29, 0.717) is 5.92 Å². The maximum absolute atomic E-state index is 4.70.